The van der Waals surface area contributed by atoms with Crippen molar-refractivity contribution >= 4 is 21.8 Å². The van der Waals surface area contributed by atoms with Crippen molar-refractivity contribution in [3.05, 3.63) is 53.6 Å². The SMILES string of the molecule is COCCNCc1ccc2[nH]c(-c3n[nH]c4cc(C#N)ccc34)cc2c1. The van der Waals surface area contributed by atoms with E-state index in [2.05, 4.69) is 50.8 Å². The van der Waals surface area contributed by atoms with E-state index in [0.29, 0.717) is 12.2 Å². The summed E-state index contributed by atoms with van der Waals surface area (Å²) in [5.74, 6) is 0. The van der Waals surface area contributed by atoms with Crippen LogP contribution in [0.15, 0.2) is 42.5 Å². The summed E-state index contributed by atoms with van der Waals surface area (Å²) >= 11 is 0. The summed E-state index contributed by atoms with van der Waals surface area (Å²) < 4.78 is 5.05. The fraction of sp³-hybridized carbons (Fsp3) is 0.200. The highest BCUT2D eigenvalue weighted by atomic mass is 16.5. The smallest absolute Gasteiger partial charge is 0.116 e. The molecule has 0 radical (unpaired) electrons. The summed E-state index contributed by atoms with van der Waals surface area (Å²) in [5, 5.41) is 22.0. The van der Waals surface area contributed by atoms with Crippen LogP contribution in [0.1, 0.15) is 11.1 Å². The molecule has 26 heavy (non-hydrogen) atoms. The second-order valence-corrected chi connectivity index (χ2v) is 6.22. The van der Waals surface area contributed by atoms with E-state index in [9.17, 15) is 0 Å². The Hall–Kier alpha value is -3.14. The molecule has 2 heterocycles. The second-order valence-electron chi connectivity index (χ2n) is 6.22. The van der Waals surface area contributed by atoms with Crippen molar-refractivity contribution in [1.82, 2.24) is 20.5 Å². The molecule has 2 aromatic heterocycles. The Morgan fingerprint density at radius 2 is 2.08 bits per heavy atom. The van der Waals surface area contributed by atoms with Crippen molar-refractivity contribution < 1.29 is 4.74 Å². The number of aromatic amines is 2. The molecule has 3 N–H and O–H groups in total. The molecular formula is C20H19N5O. The number of rotatable bonds is 6. The van der Waals surface area contributed by atoms with Gasteiger partial charge in [0, 0.05) is 36.5 Å². The van der Waals surface area contributed by atoms with Crippen LogP contribution in [0.2, 0.25) is 0 Å². The number of nitrogens with one attached hydrogen (secondary N) is 3. The van der Waals surface area contributed by atoms with Crippen LogP contribution in [0.25, 0.3) is 33.2 Å². The van der Waals surface area contributed by atoms with Gasteiger partial charge in [0.2, 0.25) is 0 Å². The van der Waals surface area contributed by atoms with Gasteiger partial charge in [-0.3, -0.25) is 5.10 Å². The first-order valence-corrected chi connectivity index (χ1v) is 8.48. The minimum absolute atomic E-state index is 0.620. The van der Waals surface area contributed by atoms with Crippen LogP contribution >= 0.6 is 0 Å². The lowest BCUT2D eigenvalue weighted by Gasteiger charge is -2.04. The second kappa shape index (κ2) is 7.00. The van der Waals surface area contributed by atoms with Crippen molar-refractivity contribution in [2.45, 2.75) is 6.54 Å². The third kappa shape index (κ3) is 3.06. The molecule has 130 valence electrons. The predicted octanol–water partition coefficient (Wildman–Crippen LogP) is 3.32. The molecule has 0 saturated carbocycles. The molecule has 4 aromatic rings. The maximum Gasteiger partial charge on any atom is 0.116 e. The first-order chi connectivity index (χ1) is 12.8. The van der Waals surface area contributed by atoms with Gasteiger partial charge in [0.25, 0.3) is 0 Å². The van der Waals surface area contributed by atoms with Crippen LogP contribution in [0, 0.1) is 11.3 Å². The van der Waals surface area contributed by atoms with Gasteiger partial charge in [-0.05, 0) is 42.0 Å². The average molecular weight is 345 g/mol. The largest absolute Gasteiger partial charge is 0.383 e. The lowest BCUT2D eigenvalue weighted by molar-refractivity contribution is 0.199. The molecule has 6 heteroatoms. The fourth-order valence-electron chi connectivity index (χ4n) is 3.12. The van der Waals surface area contributed by atoms with Gasteiger partial charge in [0.15, 0.2) is 0 Å². The van der Waals surface area contributed by atoms with Gasteiger partial charge in [0.1, 0.15) is 5.69 Å². The van der Waals surface area contributed by atoms with E-state index in [0.717, 1.165) is 46.3 Å². The molecule has 0 aliphatic heterocycles. The van der Waals surface area contributed by atoms with E-state index in [1.54, 1.807) is 7.11 Å². The van der Waals surface area contributed by atoms with Crippen molar-refractivity contribution in [1.29, 1.82) is 5.26 Å². The molecule has 4 rings (SSSR count). The summed E-state index contributed by atoms with van der Waals surface area (Å²) in [7, 11) is 1.70. The maximum absolute atomic E-state index is 9.03. The zero-order chi connectivity index (χ0) is 17.9. The molecule has 0 atom stereocenters. The number of H-pyrrole nitrogens is 2. The summed E-state index contributed by atoms with van der Waals surface area (Å²) in [6, 6.07) is 16.2. The molecule has 2 aromatic carbocycles. The number of nitriles is 1. The van der Waals surface area contributed by atoms with Crippen molar-refractivity contribution in [2.75, 3.05) is 20.3 Å². The van der Waals surface area contributed by atoms with Crippen LogP contribution < -0.4 is 5.32 Å². The normalized spacial score (nSPS) is 11.2. The van der Waals surface area contributed by atoms with Crippen LogP contribution in [-0.4, -0.2) is 35.4 Å². The Morgan fingerprint density at radius 3 is 2.92 bits per heavy atom. The number of ether oxygens (including phenoxy) is 1. The van der Waals surface area contributed by atoms with Gasteiger partial charge in [-0.15, -0.1) is 0 Å². The van der Waals surface area contributed by atoms with Gasteiger partial charge in [0.05, 0.1) is 29.5 Å². The van der Waals surface area contributed by atoms with Crippen LogP contribution in [-0.2, 0) is 11.3 Å². The Labute approximate surface area is 150 Å². The Morgan fingerprint density at radius 1 is 1.15 bits per heavy atom. The number of hydrogen-bond acceptors (Lipinski definition) is 4. The zero-order valence-electron chi connectivity index (χ0n) is 14.5. The number of aromatic nitrogens is 3. The first kappa shape index (κ1) is 16.3. The third-order valence-corrected chi connectivity index (χ3v) is 4.44. The summed E-state index contributed by atoms with van der Waals surface area (Å²) in [5.41, 5.74) is 5.60. The quantitative estimate of drug-likeness (QED) is 0.468. The molecule has 0 amide bonds. The molecule has 0 spiro atoms. The summed E-state index contributed by atoms with van der Waals surface area (Å²) in [4.78, 5) is 3.43. The number of benzene rings is 2. The van der Waals surface area contributed by atoms with Gasteiger partial charge >= 0.3 is 0 Å². The third-order valence-electron chi connectivity index (χ3n) is 4.44. The molecule has 0 unspecified atom stereocenters. The number of fused-ring (bicyclic) bond motifs is 2. The molecule has 0 saturated heterocycles. The Kier molecular flexibility index (Phi) is 4.40. The van der Waals surface area contributed by atoms with E-state index < -0.39 is 0 Å². The van der Waals surface area contributed by atoms with Crippen LogP contribution in [0.3, 0.4) is 0 Å². The topological polar surface area (TPSA) is 89.5 Å². The summed E-state index contributed by atoms with van der Waals surface area (Å²) in [6.45, 7) is 2.34. The lowest BCUT2D eigenvalue weighted by atomic mass is 10.1. The van der Waals surface area contributed by atoms with Crippen molar-refractivity contribution in [3.63, 3.8) is 0 Å². The minimum atomic E-state index is 0.620. The highest BCUT2D eigenvalue weighted by Crippen LogP contribution is 2.29. The van der Waals surface area contributed by atoms with Gasteiger partial charge in [-0.1, -0.05) is 6.07 Å². The monoisotopic (exact) mass is 345 g/mol. The highest BCUT2D eigenvalue weighted by Gasteiger charge is 2.11. The molecule has 0 aliphatic carbocycles. The number of hydrogen-bond donors (Lipinski definition) is 3. The number of methoxy groups -OCH3 is 1. The van der Waals surface area contributed by atoms with E-state index in [1.165, 1.54) is 5.56 Å². The standard InChI is InChI=1S/C20H19N5O/c1-26-7-6-22-12-14-3-5-17-15(8-14)10-19(23-17)20-16-4-2-13(11-21)9-18(16)24-25-20/h2-5,8-10,22-23H,6-7,12H2,1H3,(H,24,25). The average Bonchev–Trinajstić information content (AvgIpc) is 3.27. The molecule has 0 fully saturated rings. The van der Waals surface area contributed by atoms with Gasteiger partial charge in [-0.25, -0.2) is 0 Å². The molecular weight excluding hydrogens is 326 g/mol. The van der Waals surface area contributed by atoms with Gasteiger partial charge in [-0.2, -0.15) is 10.4 Å². The van der Waals surface area contributed by atoms with Crippen molar-refractivity contribution in [2.24, 2.45) is 0 Å². The predicted molar refractivity (Wildman–Crippen MR) is 102 cm³/mol. The molecule has 0 aliphatic rings. The van der Waals surface area contributed by atoms with Crippen LogP contribution in [0.4, 0.5) is 0 Å². The Bertz CT molecular complexity index is 1100. The zero-order valence-corrected chi connectivity index (χ0v) is 14.5. The summed E-state index contributed by atoms with van der Waals surface area (Å²) in [6.07, 6.45) is 0. The maximum atomic E-state index is 9.03. The number of nitrogens with zero attached hydrogens (tertiary/aromatic N) is 2. The van der Waals surface area contributed by atoms with E-state index in [4.69, 9.17) is 10.00 Å². The van der Waals surface area contributed by atoms with Crippen molar-refractivity contribution in [3.8, 4) is 17.5 Å². The first-order valence-electron chi connectivity index (χ1n) is 8.48. The lowest BCUT2D eigenvalue weighted by Crippen LogP contribution is -2.18. The van der Waals surface area contributed by atoms with E-state index in [-0.39, 0.29) is 0 Å². The minimum Gasteiger partial charge on any atom is -0.383 e. The highest BCUT2D eigenvalue weighted by molar-refractivity contribution is 5.96. The van der Waals surface area contributed by atoms with Crippen LogP contribution in [0.5, 0.6) is 0 Å². The van der Waals surface area contributed by atoms with E-state index in [1.807, 2.05) is 18.2 Å². The van der Waals surface area contributed by atoms with E-state index >= 15 is 0 Å². The molecule has 0 bridgehead atoms. The Balaban J connectivity index is 1.64. The van der Waals surface area contributed by atoms with Gasteiger partial charge < -0.3 is 15.0 Å². The molecule has 6 nitrogen and oxygen atoms in total. The fourth-order valence-corrected chi connectivity index (χ4v) is 3.12.